The molecule has 0 aromatic heterocycles. The number of halogens is 2. The molecule has 0 aromatic rings. The molecule has 0 heterocycles. The predicted molar refractivity (Wildman–Crippen MR) is 91.7 cm³/mol. The van der Waals surface area contributed by atoms with Gasteiger partial charge in [0.05, 0.1) is 5.92 Å². The molecule has 2 atom stereocenters. The maximum atomic E-state index is 13.9. The number of allylic oxidation sites excluding steroid dienone is 2. The Morgan fingerprint density at radius 2 is 1.83 bits per heavy atom. The number of aliphatic imine (C=N–C) groups is 1. The minimum atomic E-state index is -1.42. The molecule has 2 aliphatic carbocycles. The number of carbonyl (C=O) groups is 1. The Morgan fingerprint density at radius 1 is 1.21 bits per heavy atom. The van der Waals surface area contributed by atoms with E-state index in [0.29, 0.717) is 5.92 Å². The van der Waals surface area contributed by atoms with Gasteiger partial charge in [-0.1, -0.05) is 12.2 Å². The zero-order valence-electron chi connectivity index (χ0n) is 14.5. The Morgan fingerprint density at radius 3 is 2.38 bits per heavy atom. The van der Waals surface area contributed by atoms with E-state index in [2.05, 4.69) is 23.9 Å². The van der Waals surface area contributed by atoms with Crippen molar-refractivity contribution in [1.29, 1.82) is 0 Å². The standard InChI is InChI=1S/C19H29F2NO2/c1-3-4-5-6-13-7-9-14(10-8-13)19(23)24-15-11-16(20)18(22-2)17(21)12-15/h3-4,13-18H,2,5-12H2,1H3/b4-3+. The molecule has 2 fully saturated rings. The number of alkyl halides is 2. The van der Waals surface area contributed by atoms with Crippen LogP contribution in [-0.2, 0) is 9.53 Å². The first kappa shape index (κ1) is 19.1. The van der Waals surface area contributed by atoms with Crippen molar-refractivity contribution < 1.29 is 18.3 Å². The van der Waals surface area contributed by atoms with Crippen LogP contribution in [0.3, 0.4) is 0 Å². The first-order valence-corrected chi connectivity index (χ1v) is 9.10. The highest BCUT2D eigenvalue weighted by Crippen LogP contribution is 2.34. The zero-order valence-corrected chi connectivity index (χ0v) is 14.5. The van der Waals surface area contributed by atoms with Crippen LogP contribution in [0.1, 0.15) is 58.3 Å². The molecule has 0 amide bonds. The van der Waals surface area contributed by atoms with Crippen molar-refractivity contribution in [2.75, 3.05) is 0 Å². The van der Waals surface area contributed by atoms with Crippen LogP contribution < -0.4 is 0 Å². The number of hydrogen-bond donors (Lipinski definition) is 0. The van der Waals surface area contributed by atoms with Gasteiger partial charge in [-0.2, -0.15) is 0 Å². The largest absolute Gasteiger partial charge is 0.462 e. The van der Waals surface area contributed by atoms with Crippen molar-refractivity contribution in [2.45, 2.75) is 82.8 Å². The summed E-state index contributed by atoms with van der Waals surface area (Å²) in [5, 5.41) is 0. The number of ether oxygens (including phenoxy) is 1. The molecular formula is C19H29F2NO2. The van der Waals surface area contributed by atoms with Crippen LogP contribution in [0.4, 0.5) is 8.78 Å². The topological polar surface area (TPSA) is 38.7 Å². The Kier molecular flexibility index (Phi) is 7.38. The summed E-state index contributed by atoms with van der Waals surface area (Å²) in [7, 11) is 0. The second-order valence-corrected chi connectivity index (χ2v) is 7.10. The molecule has 5 heteroatoms. The number of hydrogen-bond acceptors (Lipinski definition) is 3. The minimum Gasteiger partial charge on any atom is -0.462 e. The van der Waals surface area contributed by atoms with E-state index < -0.39 is 24.5 Å². The molecule has 3 nitrogen and oxygen atoms in total. The molecule has 0 saturated heterocycles. The van der Waals surface area contributed by atoms with Gasteiger partial charge in [-0.3, -0.25) is 9.79 Å². The maximum Gasteiger partial charge on any atom is 0.309 e. The molecule has 0 spiro atoms. The van der Waals surface area contributed by atoms with Gasteiger partial charge in [0.1, 0.15) is 24.5 Å². The fraction of sp³-hybridized carbons (Fsp3) is 0.789. The Bertz CT molecular complexity index is 435. The average molecular weight is 341 g/mol. The average Bonchev–Trinajstić information content (AvgIpc) is 2.55. The molecular weight excluding hydrogens is 312 g/mol. The summed E-state index contributed by atoms with van der Waals surface area (Å²) < 4.78 is 33.1. The minimum absolute atomic E-state index is 0.0224. The van der Waals surface area contributed by atoms with Crippen molar-refractivity contribution in [3.63, 3.8) is 0 Å². The van der Waals surface area contributed by atoms with Crippen LogP contribution in [0.15, 0.2) is 17.1 Å². The van der Waals surface area contributed by atoms with E-state index in [1.807, 2.05) is 6.92 Å². The Labute approximate surface area is 143 Å². The lowest BCUT2D eigenvalue weighted by molar-refractivity contribution is -0.159. The predicted octanol–water partition coefficient (Wildman–Crippen LogP) is 4.60. The summed E-state index contributed by atoms with van der Waals surface area (Å²) in [6, 6.07) is -1.02. The second kappa shape index (κ2) is 9.28. The third-order valence-corrected chi connectivity index (χ3v) is 5.37. The number of carbonyl (C=O) groups excluding carboxylic acids is 1. The summed E-state index contributed by atoms with van der Waals surface area (Å²) >= 11 is 0. The highest BCUT2D eigenvalue weighted by Gasteiger charge is 2.40. The molecule has 2 unspecified atom stereocenters. The monoisotopic (exact) mass is 341 g/mol. The summed E-state index contributed by atoms with van der Waals surface area (Å²) in [6.45, 7) is 5.26. The highest BCUT2D eigenvalue weighted by molar-refractivity contribution is 5.72. The van der Waals surface area contributed by atoms with Crippen molar-refractivity contribution in [3.05, 3.63) is 12.2 Å². The van der Waals surface area contributed by atoms with Crippen LogP contribution in [0.5, 0.6) is 0 Å². The normalized spacial score (nSPS) is 37.3. The fourth-order valence-corrected chi connectivity index (χ4v) is 3.87. The molecule has 0 aromatic carbocycles. The van der Waals surface area contributed by atoms with Crippen molar-refractivity contribution in [1.82, 2.24) is 0 Å². The highest BCUT2D eigenvalue weighted by atomic mass is 19.1. The van der Waals surface area contributed by atoms with E-state index in [9.17, 15) is 13.6 Å². The molecule has 136 valence electrons. The van der Waals surface area contributed by atoms with Crippen LogP contribution in [0, 0.1) is 11.8 Å². The Hall–Kier alpha value is -1.26. The number of esters is 1. The van der Waals surface area contributed by atoms with E-state index in [0.717, 1.165) is 38.5 Å². The van der Waals surface area contributed by atoms with Gasteiger partial charge in [0.25, 0.3) is 0 Å². The van der Waals surface area contributed by atoms with E-state index in [1.54, 1.807) is 0 Å². The van der Waals surface area contributed by atoms with Crippen molar-refractivity contribution in [2.24, 2.45) is 16.8 Å². The van der Waals surface area contributed by atoms with Crippen LogP contribution >= 0.6 is 0 Å². The van der Waals surface area contributed by atoms with E-state index in [4.69, 9.17) is 4.74 Å². The van der Waals surface area contributed by atoms with Gasteiger partial charge in [-0.05, 0) is 58.1 Å². The van der Waals surface area contributed by atoms with Crippen LogP contribution in [-0.4, -0.2) is 37.2 Å². The maximum absolute atomic E-state index is 13.9. The van der Waals surface area contributed by atoms with E-state index in [1.165, 1.54) is 0 Å². The number of rotatable bonds is 6. The van der Waals surface area contributed by atoms with Gasteiger partial charge >= 0.3 is 5.97 Å². The third-order valence-electron chi connectivity index (χ3n) is 5.37. The molecule has 0 radical (unpaired) electrons. The summed E-state index contributed by atoms with van der Waals surface area (Å²) in [4.78, 5) is 15.8. The molecule has 0 aliphatic heterocycles. The summed E-state index contributed by atoms with van der Waals surface area (Å²) in [5.74, 6) is 0.274. The van der Waals surface area contributed by atoms with Gasteiger partial charge in [0, 0.05) is 12.8 Å². The second-order valence-electron chi connectivity index (χ2n) is 7.10. The van der Waals surface area contributed by atoms with Gasteiger partial charge in [0.2, 0.25) is 0 Å². The fourth-order valence-electron chi connectivity index (χ4n) is 3.87. The summed E-state index contributed by atoms with van der Waals surface area (Å²) in [5.41, 5.74) is 0. The zero-order chi connectivity index (χ0) is 17.5. The van der Waals surface area contributed by atoms with E-state index in [-0.39, 0.29) is 24.7 Å². The molecule has 2 aliphatic rings. The first-order valence-electron chi connectivity index (χ1n) is 9.10. The summed E-state index contributed by atoms with van der Waals surface area (Å²) in [6.07, 6.45) is 6.72. The first-order chi connectivity index (χ1) is 11.5. The third kappa shape index (κ3) is 5.12. The van der Waals surface area contributed by atoms with Crippen molar-refractivity contribution in [3.8, 4) is 0 Å². The van der Waals surface area contributed by atoms with Gasteiger partial charge in [-0.15, -0.1) is 0 Å². The van der Waals surface area contributed by atoms with Crippen LogP contribution in [0.2, 0.25) is 0 Å². The molecule has 0 bridgehead atoms. The van der Waals surface area contributed by atoms with Gasteiger partial charge < -0.3 is 4.74 Å². The molecule has 0 N–H and O–H groups in total. The SMILES string of the molecule is C=NC1C(F)CC(OC(=O)C2CCC(CC/C=C/C)CC2)CC1F. The smallest absolute Gasteiger partial charge is 0.309 e. The Balaban J connectivity index is 1.75. The van der Waals surface area contributed by atoms with Crippen LogP contribution in [0.25, 0.3) is 0 Å². The molecule has 24 heavy (non-hydrogen) atoms. The molecule has 2 saturated carbocycles. The van der Waals surface area contributed by atoms with E-state index >= 15 is 0 Å². The molecule has 2 rings (SSSR count). The number of nitrogens with zero attached hydrogens (tertiary/aromatic N) is 1. The lowest BCUT2D eigenvalue weighted by Crippen LogP contribution is -2.43. The lowest BCUT2D eigenvalue weighted by Gasteiger charge is -2.33. The van der Waals surface area contributed by atoms with Gasteiger partial charge in [-0.25, -0.2) is 8.78 Å². The van der Waals surface area contributed by atoms with Crippen molar-refractivity contribution >= 4 is 12.7 Å². The lowest BCUT2D eigenvalue weighted by atomic mass is 9.80. The quantitative estimate of drug-likeness (QED) is 0.402. The van der Waals surface area contributed by atoms with Gasteiger partial charge in [0.15, 0.2) is 0 Å².